The fraction of sp³-hybridized carbons (Fsp3) is 0.333. The van der Waals surface area contributed by atoms with Crippen molar-refractivity contribution in [3.05, 3.63) is 34.5 Å². The van der Waals surface area contributed by atoms with E-state index in [9.17, 15) is 9.59 Å². The number of ether oxygens (including phenoxy) is 2. The van der Waals surface area contributed by atoms with E-state index >= 15 is 0 Å². The van der Waals surface area contributed by atoms with E-state index in [4.69, 9.17) is 13.9 Å². The highest BCUT2D eigenvalue weighted by molar-refractivity contribution is 9.10. The van der Waals surface area contributed by atoms with E-state index in [0.29, 0.717) is 35.3 Å². The summed E-state index contributed by atoms with van der Waals surface area (Å²) >= 11 is 3.34. The zero-order chi connectivity index (χ0) is 14.8. The van der Waals surface area contributed by atoms with Crippen LogP contribution in [0.25, 0.3) is 11.0 Å². The van der Waals surface area contributed by atoms with Crippen LogP contribution in [-0.4, -0.2) is 31.6 Å². The van der Waals surface area contributed by atoms with Crippen LogP contribution in [-0.2, 0) is 14.3 Å². The Morgan fingerprint density at radius 3 is 3.00 bits per heavy atom. The van der Waals surface area contributed by atoms with Crippen LogP contribution in [0.15, 0.2) is 33.4 Å². The van der Waals surface area contributed by atoms with Gasteiger partial charge in [0.05, 0.1) is 22.9 Å². The molecule has 21 heavy (non-hydrogen) atoms. The zero-order valence-electron chi connectivity index (χ0n) is 11.1. The molecule has 0 radical (unpaired) electrons. The first-order valence-corrected chi connectivity index (χ1v) is 7.39. The van der Waals surface area contributed by atoms with Crippen LogP contribution in [0.1, 0.15) is 16.8 Å². The highest BCUT2D eigenvalue weighted by Crippen LogP contribution is 2.27. The lowest BCUT2D eigenvalue weighted by Gasteiger charge is -2.08. The molecule has 1 unspecified atom stereocenters. The Kier molecular flexibility index (Phi) is 4.07. The van der Waals surface area contributed by atoms with Crippen molar-refractivity contribution < 1.29 is 23.5 Å². The summed E-state index contributed by atoms with van der Waals surface area (Å²) < 4.78 is 16.2. The molecule has 6 heteroatoms. The topological polar surface area (TPSA) is 65.7 Å². The Morgan fingerprint density at radius 2 is 2.24 bits per heavy atom. The van der Waals surface area contributed by atoms with E-state index in [-0.39, 0.29) is 18.3 Å². The molecule has 1 saturated heterocycles. The van der Waals surface area contributed by atoms with Gasteiger partial charge in [-0.25, -0.2) is 4.79 Å². The van der Waals surface area contributed by atoms with Gasteiger partial charge in [-0.3, -0.25) is 4.79 Å². The average molecular weight is 353 g/mol. The van der Waals surface area contributed by atoms with Gasteiger partial charge in [0, 0.05) is 17.9 Å². The van der Waals surface area contributed by atoms with Gasteiger partial charge >= 0.3 is 5.97 Å². The number of furan rings is 1. The predicted octanol–water partition coefficient (Wildman–Crippen LogP) is 2.96. The van der Waals surface area contributed by atoms with Gasteiger partial charge in [0.25, 0.3) is 0 Å². The highest BCUT2D eigenvalue weighted by Gasteiger charge is 2.24. The first-order valence-electron chi connectivity index (χ1n) is 6.59. The normalized spacial score (nSPS) is 18.0. The van der Waals surface area contributed by atoms with Crippen LogP contribution in [0.4, 0.5) is 0 Å². The quantitative estimate of drug-likeness (QED) is 0.791. The van der Waals surface area contributed by atoms with Crippen molar-refractivity contribution in [1.82, 2.24) is 0 Å². The van der Waals surface area contributed by atoms with Crippen LogP contribution < -0.4 is 0 Å². The molecular formula is C15H13BrO5. The summed E-state index contributed by atoms with van der Waals surface area (Å²) in [6, 6.07) is 5.06. The lowest BCUT2D eigenvalue weighted by atomic mass is 10.0. The molecule has 0 aliphatic carbocycles. The van der Waals surface area contributed by atoms with E-state index in [1.165, 1.54) is 0 Å². The monoisotopic (exact) mass is 352 g/mol. The second-order valence-corrected chi connectivity index (χ2v) is 5.75. The zero-order valence-corrected chi connectivity index (χ0v) is 12.7. The van der Waals surface area contributed by atoms with Gasteiger partial charge in [-0.05, 0) is 40.5 Å². The number of ketones is 1. The standard InChI is InChI=1S/C15H13BrO5/c16-12-6-11(5-9-2-4-20-14(9)12)15(18)21-8-13(17)10-1-3-19-7-10/h2,4-6,10H,1,3,7-8H2. The SMILES string of the molecule is O=C(OCC(=O)C1CCOC1)c1cc(Br)c2occc2c1. The highest BCUT2D eigenvalue weighted by atomic mass is 79.9. The number of esters is 1. The lowest BCUT2D eigenvalue weighted by Crippen LogP contribution is -2.22. The minimum atomic E-state index is -0.522. The Morgan fingerprint density at radius 1 is 1.38 bits per heavy atom. The third kappa shape index (κ3) is 3.01. The fourth-order valence-corrected chi connectivity index (χ4v) is 2.85. The maximum absolute atomic E-state index is 12.0. The summed E-state index contributed by atoms with van der Waals surface area (Å²) in [6.45, 7) is 0.797. The molecule has 2 heterocycles. The third-order valence-corrected chi connectivity index (χ3v) is 4.06. The molecule has 1 aromatic carbocycles. The largest absolute Gasteiger partial charge is 0.463 e. The number of rotatable bonds is 4. The molecule has 0 N–H and O–H groups in total. The van der Waals surface area contributed by atoms with Crippen molar-refractivity contribution in [1.29, 1.82) is 0 Å². The number of fused-ring (bicyclic) bond motifs is 1. The van der Waals surface area contributed by atoms with Crippen molar-refractivity contribution in [3.8, 4) is 0 Å². The van der Waals surface area contributed by atoms with Crippen LogP contribution >= 0.6 is 15.9 Å². The van der Waals surface area contributed by atoms with Crippen LogP contribution in [0.3, 0.4) is 0 Å². The molecule has 3 rings (SSSR count). The summed E-state index contributed by atoms with van der Waals surface area (Å²) in [5, 5.41) is 0.798. The minimum Gasteiger partial charge on any atom is -0.463 e. The van der Waals surface area contributed by atoms with E-state index in [1.807, 2.05) is 0 Å². The van der Waals surface area contributed by atoms with Gasteiger partial charge in [-0.2, -0.15) is 0 Å². The minimum absolute atomic E-state index is 0.0932. The molecule has 2 aromatic rings. The van der Waals surface area contributed by atoms with Gasteiger partial charge in [-0.1, -0.05) is 0 Å². The molecule has 1 aliphatic rings. The molecule has 1 aliphatic heterocycles. The second kappa shape index (κ2) is 5.99. The molecule has 1 atom stereocenters. The number of Topliss-reactive ketones (excluding diaryl/α,β-unsaturated/α-hetero) is 1. The van der Waals surface area contributed by atoms with Gasteiger partial charge in [-0.15, -0.1) is 0 Å². The first-order chi connectivity index (χ1) is 10.1. The Labute approximate surface area is 129 Å². The molecule has 0 bridgehead atoms. The summed E-state index contributed by atoms with van der Waals surface area (Å²) in [7, 11) is 0. The third-order valence-electron chi connectivity index (χ3n) is 3.47. The van der Waals surface area contributed by atoms with Crippen molar-refractivity contribution in [2.45, 2.75) is 6.42 Å². The molecule has 110 valence electrons. The van der Waals surface area contributed by atoms with Gasteiger partial charge in [0.15, 0.2) is 12.4 Å². The summed E-state index contributed by atoms with van der Waals surface area (Å²) in [5.41, 5.74) is 1.05. The summed E-state index contributed by atoms with van der Waals surface area (Å²) in [5.74, 6) is -0.767. The summed E-state index contributed by atoms with van der Waals surface area (Å²) in [6.07, 6.45) is 2.25. The van der Waals surface area contributed by atoms with Gasteiger partial charge < -0.3 is 13.9 Å². The maximum Gasteiger partial charge on any atom is 0.338 e. The smallest absolute Gasteiger partial charge is 0.338 e. The van der Waals surface area contributed by atoms with Gasteiger partial charge in [0.1, 0.15) is 5.58 Å². The number of hydrogen-bond donors (Lipinski definition) is 0. The Bertz CT molecular complexity index is 684. The van der Waals surface area contributed by atoms with Crippen LogP contribution in [0.2, 0.25) is 0 Å². The van der Waals surface area contributed by atoms with Crippen molar-refractivity contribution >= 4 is 38.7 Å². The molecule has 5 nitrogen and oxygen atoms in total. The number of benzene rings is 1. The maximum atomic E-state index is 12.0. The van der Waals surface area contributed by atoms with E-state index in [0.717, 1.165) is 5.39 Å². The van der Waals surface area contributed by atoms with E-state index in [2.05, 4.69) is 15.9 Å². The van der Waals surface area contributed by atoms with Crippen molar-refractivity contribution in [2.75, 3.05) is 19.8 Å². The van der Waals surface area contributed by atoms with Crippen LogP contribution in [0.5, 0.6) is 0 Å². The van der Waals surface area contributed by atoms with E-state index < -0.39 is 5.97 Å². The van der Waals surface area contributed by atoms with Crippen molar-refractivity contribution in [3.63, 3.8) is 0 Å². The first kappa shape index (κ1) is 14.3. The molecular weight excluding hydrogens is 340 g/mol. The molecule has 0 saturated carbocycles. The predicted molar refractivity (Wildman–Crippen MR) is 78.1 cm³/mol. The lowest BCUT2D eigenvalue weighted by molar-refractivity contribution is -0.126. The van der Waals surface area contributed by atoms with Crippen molar-refractivity contribution in [2.24, 2.45) is 5.92 Å². The Hall–Kier alpha value is -1.66. The molecule has 0 spiro atoms. The number of carbonyl (C=O) groups excluding carboxylic acids is 2. The molecule has 1 fully saturated rings. The summed E-state index contributed by atoms with van der Waals surface area (Å²) in [4.78, 5) is 23.9. The number of hydrogen-bond acceptors (Lipinski definition) is 5. The molecule has 0 amide bonds. The van der Waals surface area contributed by atoms with Crippen LogP contribution in [0, 0.1) is 5.92 Å². The number of carbonyl (C=O) groups is 2. The number of halogens is 1. The van der Waals surface area contributed by atoms with Gasteiger partial charge in [0.2, 0.25) is 0 Å². The Balaban J connectivity index is 1.67. The second-order valence-electron chi connectivity index (χ2n) is 4.90. The fourth-order valence-electron chi connectivity index (χ4n) is 2.28. The van der Waals surface area contributed by atoms with E-state index in [1.54, 1.807) is 24.5 Å². The molecule has 1 aromatic heterocycles. The average Bonchev–Trinajstić information content (AvgIpc) is 3.14.